The summed E-state index contributed by atoms with van der Waals surface area (Å²) in [5, 5.41) is 3.92. The molecule has 24 heavy (non-hydrogen) atoms. The first-order chi connectivity index (χ1) is 11.7. The van der Waals surface area contributed by atoms with Crippen LogP contribution in [0.3, 0.4) is 0 Å². The molecule has 4 nitrogen and oxygen atoms in total. The van der Waals surface area contributed by atoms with Gasteiger partial charge in [0, 0.05) is 43.4 Å². The number of anilines is 1. The van der Waals surface area contributed by atoms with Crippen LogP contribution in [0.4, 0.5) is 5.69 Å². The van der Waals surface area contributed by atoms with Crippen LogP contribution < -0.4 is 10.2 Å². The van der Waals surface area contributed by atoms with Crippen LogP contribution in [0.5, 0.6) is 0 Å². The van der Waals surface area contributed by atoms with E-state index in [0.717, 1.165) is 36.8 Å². The van der Waals surface area contributed by atoms with Crippen molar-refractivity contribution in [1.82, 2.24) is 10.2 Å². The van der Waals surface area contributed by atoms with E-state index in [4.69, 9.17) is 11.6 Å². The normalized spacial score (nSPS) is 14.7. The third kappa shape index (κ3) is 4.28. The maximum atomic E-state index is 12.3. The third-order valence-electron chi connectivity index (χ3n) is 4.30. The molecule has 0 radical (unpaired) electrons. The number of para-hydroxylation sites is 1. The molecule has 126 valence electrons. The molecule has 0 bridgehead atoms. The molecule has 5 heteroatoms. The minimum Gasteiger partial charge on any atom is -0.368 e. The van der Waals surface area contributed by atoms with Gasteiger partial charge in [0.25, 0.3) is 0 Å². The van der Waals surface area contributed by atoms with Crippen molar-refractivity contribution in [3.63, 3.8) is 0 Å². The quantitative estimate of drug-likeness (QED) is 0.906. The van der Waals surface area contributed by atoms with E-state index in [9.17, 15) is 4.79 Å². The SMILES string of the molecule is O=C(CNCc1ccccc1Cl)N1CCN(c2ccccc2)CC1. The van der Waals surface area contributed by atoms with E-state index >= 15 is 0 Å². The number of nitrogens with one attached hydrogen (secondary N) is 1. The number of hydrogen-bond acceptors (Lipinski definition) is 3. The van der Waals surface area contributed by atoms with Gasteiger partial charge in [-0.1, -0.05) is 48.0 Å². The van der Waals surface area contributed by atoms with Gasteiger partial charge in [-0.2, -0.15) is 0 Å². The van der Waals surface area contributed by atoms with Crippen molar-refractivity contribution in [2.24, 2.45) is 0 Å². The molecule has 2 aromatic rings. The van der Waals surface area contributed by atoms with Crippen LogP contribution >= 0.6 is 11.6 Å². The van der Waals surface area contributed by atoms with Crippen LogP contribution in [0.15, 0.2) is 54.6 Å². The van der Waals surface area contributed by atoms with E-state index < -0.39 is 0 Å². The van der Waals surface area contributed by atoms with Gasteiger partial charge in [-0.15, -0.1) is 0 Å². The summed E-state index contributed by atoms with van der Waals surface area (Å²) in [7, 11) is 0. The highest BCUT2D eigenvalue weighted by Crippen LogP contribution is 2.16. The molecule has 1 fully saturated rings. The van der Waals surface area contributed by atoms with Gasteiger partial charge in [0.15, 0.2) is 0 Å². The molecule has 2 aromatic carbocycles. The number of halogens is 1. The zero-order valence-corrected chi connectivity index (χ0v) is 14.4. The Morgan fingerprint density at radius 2 is 1.62 bits per heavy atom. The highest BCUT2D eigenvalue weighted by Gasteiger charge is 2.20. The van der Waals surface area contributed by atoms with Crippen LogP contribution in [-0.2, 0) is 11.3 Å². The Bertz CT molecular complexity index is 669. The molecule has 1 aliphatic rings. The Morgan fingerprint density at radius 1 is 0.958 bits per heavy atom. The summed E-state index contributed by atoms with van der Waals surface area (Å²) in [6, 6.07) is 18.0. The lowest BCUT2D eigenvalue weighted by Gasteiger charge is -2.36. The van der Waals surface area contributed by atoms with Crippen molar-refractivity contribution in [3.8, 4) is 0 Å². The summed E-state index contributed by atoms with van der Waals surface area (Å²) in [6.45, 7) is 4.23. The number of nitrogens with zero attached hydrogens (tertiary/aromatic N) is 2. The van der Waals surface area contributed by atoms with Gasteiger partial charge in [0.05, 0.1) is 6.54 Å². The van der Waals surface area contributed by atoms with Gasteiger partial charge in [-0.3, -0.25) is 4.79 Å². The highest BCUT2D eigenvalue weighted by molar-refractivity contribution is 6.31. The van der Waals surface area contributed by atoms with Crippen LogP contribution in [0.25, 0.3) is 0 Å². The van der Waals surface area contributed by atoms with Crippen LogP contribution in [0.1, 0.15) is 5.56 Å². The topological polar surface area (TPSA) is 35.6 Å². The summed E-state index contributed by atoms with van der Waals surface area (Å²) in [5.41, 5.74) is 2.24. The third-order valence-corrected chi connectivity index (χ3v) is 4.67. The fourth-order valence-corrected chi connectivity index (χ4v) is 3.11. The Kier molecular flexibility index (Phi) is 5.72. The molecule has 1 aliphatic heterocycles. The first-order valence-electron chi connectivity index (χ1n) is 8.26. The highest BCUT2D eigenvalue weighted by atomic mass is 35.5. The summed E-state index contributed by atoms with van der Waals surface area (Å²) in [4.78, 5) is 16.6. The Labute approximate surface area is 148 Å². The summed E-state index contributed by atoms with van der Waals surface area (Å²) < 4.78 is 0. The molecule has 0 spiro atoms. The number of rotatable bonds is 5. The fraction of sp³-hybridized carbons (Fsp3) is 0.316. The standard InChI is InChI=1S/C19H22ClN3O/c20-18-9-5-4-6-16(18)14-21-15-19(24)23-12-10-22(11-13-23)17-7-2-1-3-8-17/h1-9,21H,10-15H2. The van der Waals surface area contributed by atoms with Crippen molar-refractivity contribution in [1.29, 1.82) is 0 Å². The number of carbonyl (C=O) groups excluding carboxylic acids is 1. The molecule has 1 saturated heterocycles. The van der Waals surface area contributed by atoms with Gasteiger partial charge in [0.1, 0.15) is 0 Å². The molecule has 1 N–H and O–H groups in total. The summed E-state index contributed by atoms with van der Waals surface area (Å²) in [5.74, 6) is 0.148. The number of carbonyl (C=O) groups is 1. The first kappa shape index (κ1) is 16.8. The smallest absolute Gasteiger partial charge is 0.236 e. The lowest BCUT2D eigenvalue weighted by molar-refractivity contribution is -0.130. The summed E-state index contributed by atoms with van der Waals surface area (Å²) >= 11 is 6.12. The average molecular weight is 344 g/mol. The Hall–Kier alpha value is -2.04. The number of benzene rings is 2. The number of hydrogen-bond donors (Lipinski definition) is 1. The monoisotopic (exact) mass is 343 g/mol. The predicted octanol–water partition coefficient (Wildman–Crippen LogP) is 2.78. The Balaban J connectivity index is 1.43. The van der Waals surface area contributed by atoms with Crippen LogP contribution in [-0.4, -0.2) is 43.5 Å². The van der Waals surface area contributed by atoms with Crippen molar-refractivity contribution >= 4 is 23.2 Å². The van der Waals surface area contributed by atoms with E-state index in [1.54, 1.807) is 0 Å². The van der Waals surface area contributed by atoms with Crippen molar-refractivity contribution < 1.29 is 4.79 Å². The van der Waals surface area contributed by atoms with E-state index in [2.05, 4.69) is 22.3 Å². The van der Waals surface area contributed by atoms with Gasteiger partial charge in [-0.25, -0.2) is 0 Å². The zero-order valence-electron chi connectivity index (χ0n) is 13.6. The minimum absolute atomic E-state index is 0.148. The van der Waals surface area contributed by atoms with E-state index in [0.29, 0.717) is 13.1 Å². The number of amides is 1. The molecule has 3 rings (SSSR count). The van der Waals surface area contributed by atoms with Crippen LogP contribution in [0.2, 0.25) is 5.02 Å². The Morgan fingerprint density at radius 3 is 2.33 bits per heavy atom. The van der Waals surface area contributed by atoms with Crippen molar-refractivity contribution in [2.75, 3.05) is 37.6 Å². The predicted molar refractivity (Wildman–Crippen MR) is 98.4 cm³/mol. The second-order valence-corrected chi connectivity index (χ2v) is 6.31. The lowest BCUT2D eigenvalue weighted by atomic mass is 10.2. The maximum Gasteiger partial charge on any atom is 0.236 e. The van der Waals surface area contributed by atoms with Gasteiger partial charge >= 0.3 is 0 Å². The van der Waals surface area contributed by atoms with Crippen LogP contribution in [0, 0.1) is 0 Å². The molecular formula is C19H22ClN3O. The van der Waals surface area contributed by atoms with E-state index in [-0.39, 0.29) is 5.91 Å². The van der Waals surface area contributed by atoms with Crippen molar-refractivity contribution in [3.05, 3.63) is 65.2 Å². The molecule has 1 heterocycles. The van der Waals surface area contributed by atoms with Crippen molar-refractivity contribution in [2.45, 2.75) is 6.54 Å². The second-order valence-electron chi connectivity index (χ2n) is 5.90. The van der Waals surface area contributed by atoms with Gasteiger partial charge < -0.3 is 15.1 Å². The van der Waals surface area contributed by atoms with E-state index in [1.165, 1.54) is 5.69 Å². The minimum atomic E-state index is 0.148. The largest absolute Gasteiger partial charge is 0.368 e. The second kappa shape index (κ2) is 8.18. The molecule has 1 amide bonds. The molecule has 0 aliphatic carbocycles. The lowest BCUT2D eigenvalue weighted by Crippen LogP contribution is -2.50. The fourth-order valence-electron chi connectivity index (χ4n) is 2.91. The summed E-state index contributed by atoms with van der Waals surface area (Å²) in [6.07, 6.45) is 0. The molecule has 0 aromatic heterocycles. The van der Waals surface area contributed by atoms with Gasteiger partial charge in [-0.05, 0) is 23.8 Å². The maximum absolute atomic E-state index is 12.3. The van der Waals surface area contributed by atoms with E-state index in [1.807, 2.05) is 47.4 Å². The number of piperazine rings is 1. The molecule has 0 saturated carbocycles. The zero-order chi connectivity index (χ0) is 16.8. The first-order valence-corrected chi connectivity index (χ1v) is 8.64. The molecular weight excluding hydrogens is 322 g/mol. The van der Waals surface area contributed by atoms with Gasteiger partial charge in [0.2, 0.25) is 5.91 Å². The molecule has 0 atom stereocenters. The molecule has 0 unspecified atom stereocenters. The average Bonchev–Trinajstić information content (AvgIpc) is 2.64.